The molecule has 0 saturated carbocycles. The molecule has 0 atom stereocenters. The Labute approximate surface area is 112 Å². The van der Waals surface area contributed by atoms with Gasteiger partial charge in [0, 0.05) is 28.1 Å². The summed E-state index contributed by atoms with van der Waals surface area (Å²) in [6.45, 7) is 2.61. The van der Waals surface area contributed by atoms with Crippen molar-refractivity contribution in [2.75, 3.05) is 6.54 Å². The molecule has 0 saturated heterocycles. The van der Waals surface area contributed by atoms with Crippen LogP contribution in [0.2, 0.25) is 5.02 Å². The fourth-order valence-electron chi connectivity index (χ4n) is 1.99. The van der Waals surface area contributed by atoms with Crippen LogP contribution in [0.5, 0.6) is 0 Å². The molecule has 0 radical (unpaired) electrons. The van der Waals surface area contributed by atoms with Gasteiger partial charge in [0.2, 0.25) is 0 Å². The first-order valence-corrected chi connectivity index (χ1v) is 6.50. The third-order valence-electron chi connectivity index (χ3n) is 2.74. The van der Waals surface area contributed by atoms with E-state index in [1.54, 1.807) is 0 Å². The Hall–Kier alpha value is -0.910. The molecule has 1 N–H and O–H groups in total. The van der Waals surface area contributed by atoms with Gasteiger partial charge in [0.25, 0.3) is 0 Å². The molecule has 0 bridgehead atoms. The number of nitrogens with one attached hydrogen (secondary N) is 1. The molecule has 0 unspecified atom stereocenters. The number of hydrogen-bond acceptors (Lipinski definition) is 3. The molecule has 1 aromatic carbocycles. The van der Waals surface area contributed by atoms with Crippen molar-refractivity contribution in [1.82, 2.24) is 20.1 Å². The first-order valence-electron chi connectivity index (χ1n) is 5.33. The number of nitrogens with zero attached hydrogens (tertiary/aromatic N) is 3. The standard InChI is InChI=1S/C11H10BrClN4/c12-8-3-7(4-9(13)5-8)11-16-15-10-6-14-1-2-17(10)11/h3-5,14H,1-2,6H2. The zero-order chi connectivity index (χ0) is 11.8. The number of halogens is 2. The normalized spacial score (nSPS) is 14.7. The maximum atomic E-state index is 6.05. The Bertz CT molecular complexity index is 546. The number of benzene rings is 1. The fraction of sp³-hybridized carbons (Fsp3) is 0.273. The summed E-state index contributed by atoms with van der Waals surface area (Å²) in [5.74, 6) is 1.85. The van der Waals surface area contributed by atoms with Gasteiger partial charge in [-0.05, 0) is 18.2 Å². The van der Waals surface area contributed by atoms with E-state index in [4.69, 9.17) is 11.6 Å². The number of aromatic nitrogens is 3. The lowest BCUT2D eigenvalue weighted by atomic mass is 10.2. The Balaban J connectivity index is 2.11. The van der Waals surface area contributed by atoms with Gasteiger partial charge in [-0.3, -0.25) is 0 Å². The topological polar surface area (TPSA) is 42.7 Å². The highest BCUT2D eigenvalue weighted by Crippen LogP contribution is 2.27. The summed E-state index contributed by atoms with van der Waals surface area (Å²) in [5.41, 5.74) is 0.991. The van der Waals surface area contributed by atoms with Crippen LogP contribution >= 0.6 is 27.5 Å². The average Bonchev–Trinajstić information content (AvgIpc) is 2.71. The largest absolute Gasteiger partial charge is 0.309 e. The van der Waals surface area contributed by atoms with E-state index in [0.29, 0.717) is 5.02 Å². The Morgan fingerprint density at radius 2 is 2.18 bits per heavy atom. The molecule has 1 aliphatic heterocycles. The highest BCUT2D eigenvalue weighted by molar-refractivity contribution is 9.10. The van der Waals surface area contributed by atoms with Crippen LogP contribution in [0.15, 0.2) is 22.7 Å². The van der Waals surface area contributed by atoms with Crippen molar-refractivity contribution in [3.05, 3.63) is 33.5 Å². The van der Waals surface area contributed by atoms with Crippen LogP contribution in [0.1, 0.15) is 5.82 Å². The summed E-state index contributed by atoms with van der Waals surface area (Å²) >= 11 is 9.49. The predicted octanol–water partition coefficient (Wildman–Crippen LogP) is 2.46. The van der Waals surface area contributed by atoms with Crippen LogP contribution < -0.4 is 5.32 Å². The van der Waals surface area contributed by atoms with E-state index in [1.165, 1.54) is 0 Å². The Kier molecular flexibility index (Phi) is 2.90. The summed E-state index contributed by atoms with van der Waals surface area (Å²) in [7, 11) is 0. The summed E-state index contributed by atoms with van der Waals surface area (Å²) in [5, 5.41) is 12.4. The lowest BCUT2D eigenvalue weighted by Gasteiger charge is -2.16. The van der Waals surface area contributed by atoms with Gasteiger partial charge in [0.15, 0.2) is 5.82 Å². The third-order valence-corrected chi connectivity index (χ3v) is 3.42. The summed E-state index contributed by atoms with van der Waals surface area (Å²) in [4.78, 5) is 0. The SMILES string of the molecule is Clc1cc(Br)cc(-c2nnc3n2CCNC3)c1. The quantitative estimate of drug-likeness (QED) is 0.879. The first-order chi connectivity index (χ1) is 8.24. The van der Waals surface area contributed by atoms with Gasteiger partial charge < -0.3 is 9.88 Å². The fourth-order valence-corrected chi connectivity index (χ4v) is 2.85. The van der Waals surface area contributed by atoms with Crippen molar-refractivity contribution in [2.45, 2.75) is 13.1 Å². The maximum absolute atomic E-state index is 6.05. The van der Waals surface area contributed by atoms with Crippen molar-refractivity contribution in [1.29, 1.82) is 0 Å². The van der Waals surface area contributed by atoms with E-state index >= 15 is 0 Å². The van der Waals surface area contributed by atoms with Crippen LogP contribution in [0.4, 0.5) is 0 Å². The zero-order valence-corrected chi connectivity index (χ0v) is 11.3. The van der Waals surface area contributed by atoms with E-state index in [0.717, 1.165) is 41.3 Å². The lowest BCUT2D eigenvalue weighted by Crippen LogP contribution is -2.28. The molecular formula is C11H10BrClN4. The summed E-state index contributed by atoms with van der Waals surface area (Å²) < 4.78 is 3.08. The van der Waals surface area contributed by atoms with E-state index in [-0.39, 0.29) is 0 Å². The monoisotopic (exact) mass is 312 g/mol. The highest BCUT2D eigenvalue weighted by atomic mass is 79.9. The van der Waals surface area contributed by atoms with Crippen LogP contribution in [0, 0.1) is 0 Å². The van der Waals surface area contributed by atoms with Crippen LogP contribution in [-0.4, -0.2) is 21.3 Å². The number of hydrogen-bond donors (Lipinski definition) is 1. The van der Waals surface area contributed by atoms with E-state index in [9.17, 15) is 0 Å². The zero-order valence-electron chi connectivity index (χ0n) is 8.95. The van der Waals surface area contributed by atoms with Gasteiger partial charge in [-0.25, -0.2) is 0 Å². The number of fused-ring (bicyclic) bond motifs is 1. The second-order valence-electron chi connectivity index (χ2n) is 3.93. The Morgan fingerprint density at radius 3 is 3.00 bits per heavy atom. The molecule has 6 heteroatoms. The van der Waals surface area contributed by atoms with Crippen molar-refractivity contribution in [3.8, 4) is 11.4 Å². The first kappa shape index (κ1) is 11.2. The molecule has 0 fully saturated rings. The minimum atomic E-state index is 0.695. The molecule has 0 aliphatic carbocycles. The molecule has 0 amide bonds. The van der Waals surface area contributed by atoms with Gasteiger partial charge in [-0.1, -0.05) is 27.5 Å². The van der Waals surface area contributed by atoms with Gasteiger partial charge >= 0.3 is 0 Å². The molecule has 1 aliphatic rings. The second-order valence-corrected chi connectivity index (χ2v) is 5.28. The van der Waals surface area contributed by atoms with Crippen molar-refractivity contribution in [2.24, 2.45) is 0 Å². The maximum Gasteiger partial charge on any atom is 0.164 e. The number of rotatable bonds is 1. The van der Waals surface area contributed by atoms with Gasteiger partial charge in [-0.15, -0.1) is 10.2 Å². The summed E-state index contributed by atoms with van der Waals surface area (Å²) in [6.07, 6.45) is 0. The van der Waals surface area contributed by atoms with Crippen LogP contribution in [0.25, 0.3) is 11.4 Å². The van der Waals surface area contributed by atoms with Crippen molar-refractivity contribution < 1.29 is 0 Å². The van der Waals surface area contributed by atoms with E-state index < -0.39 is 0 Å². The molecule has 88 valence electrons. The molecule has 1 aromatic heterocycles. The minimum absolute atomic E-state index is 0.695. The van der Waals surface area contributed by atoms with Gasteiger partial charge in [0.1, 0.15) is 5.82 Å². The van der Waals surface area contributed by atoms with Gasteiger partial charge in [0.05, 0.1) is 6.54 Å². The van der Waals surface area contributed by atoms with Crippen molar-refractivity contribution >= 4 is 27.5 Å². The molecule has 3 rings (SSSR count). The third kappa shape index (κ3) is 2.10. The van der Waals surface area contributed by atoms with E-state index in [1.807, 2.05) is 18.2 Å². The smallest absolute Gasteiger partial charge is 0.164 e. The van der Waals surface area contributed by atoms with Gasteiger partial charge in [-0.2, -0.15) is 0 Å². The molecule has 2 aromatic rings. The van der Waals surface area contributed by atoms with Crippen LogP contribution in [-0.2, 0) is 13.1 Å². The molecule has 4 nitrogen and oxygen atoms in total. The average molecular weight is 314 g/mol. The molecule has 0 spiro atoms. The minimum Gasteiger partial charge on any atom is -0.309 e. The van der Waals surface area contributed by atoms with Crippen LogP contribution in [0.3, 0.4) is 0 Å². The predicted molar refractivity (Wildman–Crippen MR) is 69.9 cm³/mol. The Morgan fingerprint density at radius 1 is 1.29 bits per heavy atom. The second kappa shape index (κ2) is 4.40. The molecular weight excluding hydrogens is 304 g/mol. The van der Waals surface area contributed by atoms with Crippen molar-refractivity contribution in [3.63, 3.8) is 0 Å². The molecule has 17 heavy (non-hydrogen) atoms. The summed E-state index contributed by atoms with van der Waals surface area (Å²) in [6, 6.07) is 5.77. The molecule has 2 heterocycles. The van der Waals surface area contributed by atoms with E-state index in [2.05, 4.69) is 36.0 Å². The lowest BCUT2D eigenvalue weighted by molar-refractivity contribution is 0.508. The highest BCUT2D eigenvalue weighted by Gasteiger charge is 2.16.